The normalized spacial score (nSPS) is 30.9. The molecule has 13 heteroatoms. The number of allylic oxidation sites excluding steroid dienone is 4. The summed E-state index contributed by atoms with van der Waals surface area (Å²) in [5.41, 5.74) is 2.45. The van der Waals surface area contributed by atoms with Gasteiger partial charge < -0.3 is 23.5 Å². The van der Waals surface area contributed by atoms with Gasteiger partial charge in [0.25, 0.3) is 0 Å². The molecule has 4 aliphatic heterocycles. The number of imidazole rings is 1. The van der Waals surface area contributed by atoms with Crippen molar-refractivity contribution in [2.75, 3.05) is 7.11 Å². The van der Waals surface area contributed by atoms with Crippen LogP contribution in [0, 0.1) is 17.8 Å². The van der Waals surface area contributed by atoms with Crippen LogP contribution in [0.1, 0.15) is 104 Å². The van der Waals surface area contributed by atoms with Crippen molar-refractivity contribution >= 4 is 29.5 Å². The van der Waals surface area contributed by atoms with E-state index in [0.717, 1.165) is 40.8 Å². The Morgan fingerprint density at radius 1 is 1.05 bits per heavy atom. The highest BCUT2D eigenvalue weighted by atomic mass is 16.6. The molecule has 1 aromatic carbocycles. The van der Waals surface area contributed by atoms with Gasteiger partial charge in [-0.05, 0) is 98.4 Å². The lowest BCUT2D eigenvalue weighted by molar-refractivity contribution is -0.206. The van der Waals surface area contributed by atoms with E-state index in [2.05, 4.69) is 88.2 Å². The lowest BCUT2D eigenvalue weighted by Gasteiger charge is -2.64. The number of tetrazole rings is 1. The Bertz CT molecular complexity index is 2340. The van der Waals surface area contributed by atoms with Crippen molar-refractivity contribution in [2.24, 2.45) is 22.7 Å². The van der Waals surface area contributed by atoms with Crippen LogP contribution in [0.3, 0.4) is 0 Å². The standard InChI is InChI=1S/C43H49N7O6/c1-23(2)11-10-16-41(8)17-15-26-33(50-46-22-45-48-50)30-32-31-34(49-20-19-44-39(49)47-32)28-21-29-40(6,7)56-42(37(28)51,18-14-25(5)38(52)53-9)43(29,31)55-36(30)27(35(26)54-41)13-12-24(3)4/h11-12,14-15,17,19-20,22,28-29,31,34H,10,13,16,18,21H2,1-9H3. The lowest BCUT2D eigenvalue weighted by Crippen LogP contribution is -2.79. The average molecular weight is 760 g/mol. The minimum Gasteiger partial charge on any atom is -0.482 e. The Morgan fingerprint density at radius 2 is 1.84 bits per heavy atom. The molecule has 4 bridgehead atoms. The number of hydrogen-bond acceptors (Lipinski definition) is 11. The number of rotatable bonds is 9. The van der Waals surface area contributed by atoms with Crippen molar-refractivity contribution < 1.29 is 28.5 Å². The zero-order valence-corrected chi connectivity index (χ0v) is 33.5. The van der Waals surface area contributed by atoms with Gasteiger partial charge in [0, 0.05) is 47.4 Å². The van der Waals surface area contributed by atoms with Crippen LogP contribution in [0.25, 0.3) is 11.8 Å². The van der Waals surface area contributed by atoms with E-state index in [-0.39, 0.29) is 24.2 Å². The van der Waals surface area contributed by atoms with Gasteiger partial charge in [-0.15, -0.1) is 15.0 Å². The highest BCUT2D eigenvalue weighted by Crippen LogP contribution is 2.73. The number of carbonyl (C=O) groups excluding carboxylic acids is 2. The smallest absolute Gasteiger partial charge is 0.333 e. The molecule has 292 valence electrons. The number of carbonyl (C=O) groups is 2. The molecule has 3 aromatic rings. The fourth-order valence-corrected chi connectivity index (χ4v) is 10.6. The molecule has 10 rings (SSSR count). The van der Waals surface area contributed by atoms with E-state index in [9.17, 15) is 4.79 Å². The van der Waals surface area contributed by atoms with Crippen molar-refractivity contribution in [3.8, 4) is 17.2 Å². The maximum absolute atomic E-state index is 15.4. The molecule has 2 aromatic heterocycles. The van der Waals surface area contributed by atoms with Gasteiger partial charge >= 0.3 is 5.97 Å². The number of aliphatic imine (C=N–C) groups is 1. The third-order valence-corrected chi connectivity index (χ3v) is 13.0. The number of ketones is 1. The largest absolute Gasteiger partial charge is 0.482 e. The second-order valence-electron chi connectivity index (χ2n) is 17.4. The van der Waals surface area contributed by atoms with Crippen molar-refractivity contribution in [3.63, 3.8) is 0 Å². The fourth-order valence-electron chi connectivity index (χ4n) is 10.6. The van der Waals surface area contributed by atoms with E-state index in [1.54, 1.807) is 19.2 Å². The molecular formula is C43H49N7O6. The van der Waals surface area contributed by atoms with E-state index in [1.165, 1.54) is 23.8 Å². The number of fused-ring (bicyclic) bond motifs is 4. The van der Waals surface area contributed by atoms with E-state index in [1.807, 2.05) is 10.8 Å². The average Bonchev–Trinajstić information content (AvgIpc) is 3.89. The molecule has 1 saturated heterocycles. The van der Waals surface area contributed by atoms with Crippen LogP contribution in [-0.4, -0.2) is 76.7 Å². The maximum atomic E-state index is 15.4. The van der Waals surface area contributed by atoms with Gasteiger partial charge in [-0.2, -0.15) is 0 Å². The van der Waals surface area contributed by atoms with E-state index < -0.39 is 40.2 Å². The SMILES string of the molecule is COC(=O)C(C)=CCC12OC(C)(C)C3CC(C1=O)C1C4C(=Nc5nccn51)c1c(c(CC=C(C)C)c5c(c1-n1ncnn1)C=CC(C)(CCC=C(C)C)O5)OC432. The summed E-state index contributed by atoms with van der Waals surface area (Å²) in [7, 11) is 1.36. The van der Waals surface area contributed by atoms with Gasteiger partial charge in [-0.25, -0.2) is 14.8 Å². The summed E-state index contributed by atoms with van der Waals surface area (Å²) < 4.78 is 29.3. The van der Waals surface area contributed by atoms with Gasteiger partial charge in [0.15, 0.2) is 23.3 Å². The van der Waals surface area contributed by atoms with Crippen LogP contribution in [0.5, 0.6) is 11.5 Å². The highest BCUT2D eigenvalue weighted by molar-refractivity contribution is 6.15. The molecule has 3 saturated carbocycles. The number of hydrogen-bond donors (Lipinski definition) is 0. The first-order valence-electron chi connectivity index (χ1n) is 19.6. The second kappa shape index (κ2) is 12.4. The Kier molecular flexibility index (Phi) is 8.08. The molecule has 7 aliphatic rings. The molecule has 4 fully saturated rings. The highest BCUT2D eigenvalue weighted by Gasteiger charge is 2.85. The molecule has 56 heavy (non-hydrogen) atoms. The minimum atomic E-state index is -1.45. The molecule has 3 aliphatic carbocycles. The van der Waals surface area contributed by atoms with Gasteiger partial charge in [0.05, 0.1) is 35.9 Å². The zero-order chi connectivity index (χ0) is 39.5. The second-order valence-corrected chi connectivity index (χ2v) is 17.4. The number of aromatic nitrogens is 6. The van der Waals surface area contributed by atoms with Gasteiger partial charge in [-0.3, -0.25) is 4.79 Å². The van der Waals surface area contributed by atoms with Crippen LogP contribution >= 0.6 is 0 Å². The van der Waals surface area contributed by atoms with E-state index >= 15 is 4.79 Å². The molecule has 0 N–H and O–H groups in total. The molecule has 0 radical (unpaired) electrons. The molecule has 7 atom stereocenters. The van der Waals surface area contributed by atoms with Gasteiger partial charge in [0.1, 0.15) is 22.8 Å². The Balaban J connectivity index is 1.37. The zero-order valence-electron chi connectivity index (χ0n) is 33.5. The van der Waals surface area contributed by atoms with E-state index in [0.29, 0.717) is 41.5 Å². The number of nitrogens with zero attached hydrogens (tertiary/aromatic N) is 7. The third kappa shape index (κ3) is 4.91. The van der Waals surface area contributed by atoms with Crippen molar-refractivity contribution in [2.45, 2.75) is 116 Å². The van der Waals surface area contributed by atoms with E-state index in [4.69, 9.17) is 28.9 Å². The first-order chi connectivity index (χ1) is 26.7. The predicted molar refractivity (Wildman–Crippen MR) is 208 cm³/mol. The minimum absolute atomic E-state index is 0.0353. The monoisotopic (exact) mass is 759 g/mol. The predicted octanol–water partition coefficient (Wildman–Crippen LogP) is 6.98. The first-order valence-corrected chi connectivity index (χ1v) is 19.6. The molecule has 0 amide bonds. The summed E-state index contributed by atoms with van der Waals surface area (Å²) in [5, 5.41) is 13.2. The molecule has 6 heterocycles. The fraction of sp³-hybridized carbons (Fsp3) is 0.512. The maximum Gasteiger partial charge on any atom is 0.333 e. The summed E-state index contributed by atoms with van der Waals surface area (Å²) in [6.45, 7) is 16.3. The summed E-state index contributed by atoms with van der Waals surface area (Å²) in [4.78, 5) is 39.8. The summed E-state index contributed by atoms with van der Waals surface area (Å²) in [6, 6.07) is -0.341. The molecular weight excluding hydrogens is 711 g/mol. The topological polar surface area (TPSA) is 145 Å². The number of Topliss-reactive ketones (excluding diaryl/α,β-unsaturated/α-hetero) is 1. The summed E-state index contributed by atoms with van der Waals surface area (Å²) in [5.74, 6) is 0.163. The van der Waals surface area contributed by atoms with Crippen LogP contribution in [0.4, 0.5) is 5.95 Å². The summed E-state index contributed by atoms with van der Waals surface area (Å²) in [6.07, 6.45) is 18.3. The third-order valence-electron chi connectivity index (χ3n) is 13.0. The Labute approximate surface area is 326 Å². The van der Waals surface area contributed by atoms with Crippen molar-refractivity contribution in [1.82, 2.24) is 29.8 Å². The Morgan fingerprint density at radius 3 is 2.55 bits per heavy atom. The number of methoxy groups -OCH3 is 1. The van der Waals surface area contributed by atoms with Crippen LogP contribution < -0.4 is 9.47 Å². The van der Waals surface area contributed by atoms with Gasteiger partial charge in [0.2, 0.25) is 5.95 Å². The van der Waals surface area contributed by atoms with Crippen molar-refractivity contribution in [3.05, 3.63) is 76.4 Å². The first kappa shape index (κ1) is 36.5. The molecule has 7 unspecified atom stereocenters. The van der Waals surface area contributed by atoms with Crippen molar-refractivity contribution in [1.29, 1.82) is 0 Å². The van der Waals surface area contributed by atoms with Crippen LogP contribution in [0.15, 0.2) is 64.7 Å². The lowest BCUT2D eigenvalue weighted by atomic mass is 9.44. The number of esters is 1. The Hall–Kier alpha value is -5.17. The number of benzene rings is 1. The van der Waals surface area contributed by atoms with Crippen LogP contribution in [0.2, 0.25) is 0 Å². The molecule has 1 spiro atoms. The summed E-state index contributed by atoms with van der Waals surface area (Å²) >= 11 is 0. The number of ether oxygens (including phenoxy) is 4. The van der Waals surface area contributed by atoms with Gasteiger partial charge in [-0.1, -0.05) is 29.4 Å². The van der Waals surface area contributed by atoms with Crippen LogP contribution in [-0.2, 0) is 25.5 Å². The molecule has 13 nitrogen and oxygen atoms in total. The quantitative estimate of drug-likeness (QED) is 0.127.